The van der Waals surface area contributed by atoms with E-state index in [0.29, 0.717) is 17.4 Å². The van der Waals surface area contributed by atoms with Crippen molar-refractivity contribution in [2.75, 3.05) is 43.4 Å². The van der Waals surface area contributed by atoms with Gasteiger partial charge in [-0.25, -0.2) is 4.98 Å². The summed E-state index contributed by atoms with van der Waals surface area (Å²) in [5.74, 6) is -0.263. The molecule has 0 unspecified atom stereocenters. The molecule has 2 aliphatic rings. The first-order valence-electron chi connectivity index (χ1n) is 12.6. The van der Waals surface area contributed by atoms with E-state index in [1.54, 1.807) is 6.07 Å². The predicted octanol–water partition coefficient (Wildman–Crippen LogP) is 3.34. The molecule has 36 heavy (non-hydrogen) atoms. The smallest absolute Gasteiger partial charge is 0.240 e. The lowest BCUT2D eigenvalue weighted by molar-refractivity contribution is -0.120. The van der Waals surface area contributed by atoms with Gasteiger partial charge in [0.1, 0.15) is 0 Å². The molecule has 0 radical (unpaired) electrons. The lowest BCUT2D eigenvalue weighted by Gasteiger charge is -2.48. The number of piperidine rings is 1. The van der Waals surface area contributed by atoms with Crippen molar-refractivity contribution in [1.29, 1.82) is 0 Å². The summed E-state index contributed by atoms with van der Waals surface area (Å²) in [4.78, 5) is 33.1. The number of aliphatic hydroxyl groups excluding tert-OH is 1. The van der Waals surface area contributed by atoms with Crippen LogP contribution in [0.1, 0.15) is 31.7 Å². The van der Waals surface area contributed by atoms with Gasteiger partial charge in [0.25, 0.3) is 0 Å². The Labute approximate surface area is 215 Å². The number of aromatic nitrogens is 1. The van der Waals surface area contributed by atoms with E-state index in [2.05, 4.69) is 44.8 Å². The van der Waals surface area contributed by atoms with Crippen LogP contribution < -0.4 is 10.6 Å². The summed E-state index contributed by atoms with van der Waals surface area (Å²) in [7, 11) is 0. The number of thiazole rings is 1. The van der Waals surface area contributed by atoms with E-state index in [4.69, 9.17) is 0 Å². The number of amides is 2. The van der Waals surface area contributed by atoms with Crippen LogP contribution in [0.25, 0.3) is 10.2 Å². The third-order valence-corrected chi connectivity index (χ3v) is 8.35. The average molecular weight is 508 g/mol. The van der Waals surface area contributed by atoms with Crippen molar-refractivity contribution >= 4 is 44.2 Å². The molecule has 0 aliphatic carbocycles. The number of carbonyl (C=O) groups excluding carboxylic acids is 2. The second-order valence-electron chi connectivity index (χ2n) is 9.86. The maximum atomic E-state index is 12.8. The number of hydrogen-bond acceptors (Lipinski definition) is 7. The van der Waals surface area contributed by atoms with Crippen molar-refractivity contribution < 1.29 is 14.7 Å². The van der Waals surface area contributed by atoms with Gasteiger partial charge < -0.3 is 15.7 Å². The number of carbonyl (C=O) groups is 2. The van der Waals surface area contributed by atoms with Gasteiger partial charge in [0.2, 0.25) is 11.8 Å². The van der Waals surface area contributed by atoms with Gasteiger partial charge in [0.05, 0.1) is 22.9 Å². The summed E-state index contributed by atoms with van der Waals surface area (Å²) >= 11 is 1.38. The quantitative estimate of drug-likeness (QED) is 0.454. The molecule has 2 amide bonds. The summed E-state index contributed by atoms with van der Waals surface area (Å²) in [5, 5.41) is 17.4. The topological polar surface area (TPSA) is 97.8 Å². The molecule has 2 atom stereocenters. The van der Waals surface area contributed by atoms with Crippen molar-refractivity contribution in [3.05, 3.63) is 54.1 Å². The molecule has 0 saturated carbocycles. The van der Waals surface area contributed by atoms with Crippen LogP contribution in [0.15, 0.2) is 48.5 Å². The minimum absolute atomic E-state index is 0.130. The maximum Gasteiger partial charge on any atom is 0.240 e. The van der Waals surface area contributed by atoms with Crippen molar-refractivity contribution in [3.8, 4) is 0 Å². The number of benzene rings is 2. The highest BCUT2D eigenvalue weighted by atomic mass is 32.1. The fourth-order valence-electron chi connectivity index (χ4n) is 5.65. The minimum Gasteiger partial charge on any atom is -0.390 e. The zero-order valence-electron chi connectivity index (χ0n) is 20.6. The second kappa shape index (κ2) is 10.6. The summed E-state index contributed by atoms with van der Waals surface area (Å²) in [6, 6.07) is 16.0. The van der Waals surface area contributed by atoms with E-state index >= 15 is 0 Å². The molecule has 190 valence electrons. The number of anilines is 2. The molecular formula is C27H33N5O3S. The molecule has 2 saturated heterocycles. The molecule has 0 bridgehead atoms. The van der Waals surface area contributed by atoms with Gasteiger partial charge in [0, 0.05) is 37.8 Å². The Morgan fingerprint density at radius 1 is 1.14 bits per heavy atom. The first-order valence-corrected chi connectivity index (χ1v) is 13.4. The summed E-state index contributed by atoms with van der Waals surface area (Å²) in [6.45, 7) is 4.94. The van der Waals surface area contributed by atoms with Crippen molar-refractivity contribution in [2.24, 2.45) is 0 Å². The second-order valence-corrected chi connectivity index (χ2v) is 10.9. The van der Waals surface area contributed by atoms with Crippen LogP contribution >= 0.6 is 11.3 Å². The largest absolute Gasteiger partial charge is 0.390 e. The van der Waals surface area contributed by atoms with Gasteiger partial charge in [0.15, 0.2) is 5.13 Å². The van der Waals surface area contributed by atoms with Gasteiger partial charge in [-0.15, -0.1) is 0 Å². The number of fused-ring (bicyclic) bond motifs is 1. The Morgan fingerprint density at radius 2 is 1.97 bits per heavy atom. The molecule has 2 aromatic carbocycles. The molecule has 9 heteroatoms. The zero-order chi connectivity index (χ0) is 25.1. The predicted molar refractivity (Wildman–Crippen MR) is 143 cm³/mol. The highest BCUT2D eigenvalue weighted by Gasteiger charge is 2.49. The Kier molecular flexibility index (Phi) is 7.34. The van der Waals surface area contributed by atoms with Crippen LogP contribution in [0.3, 0.4) is 0 Å². The van der Waals surface area contributed by atoms with Crippen LogP contribution in [0.2, 0.25) is 0 Å². The van der Waals surface area contributed by atoms with Crippen LogP contribution in [0.4, 0.5) is 10.8 Å². The molecule has 3 N–H and O–H groups in total. The lowest BCUT2D eigenvalue weighted by Crippen LogP contribution is -2.62. The third-order valence-electron chi connectivity index (χ3n) is 7.42. The molecule has 3 heterocycles. The number of hydrogen-bond donors (Lipinski definition) is 3. The van der Waals surface area contributed by atoms with E-state index < -0.39 is 6.10 Å². The van der Waals surface area contributed by atoms with Gasteiger partial charge in [-0.05, 0) is 56.0 Å². The summed E-state index contributed by atoms with van der Waals surface area (Å²) in [6.07, 6.45) is 3.48. The number of likely N-dealkylation sites (tertiary alicyclic amines) is 2. The first kappa shape index (κ1) is 24.8. The molecule has 8 nitrogen and oxygen atoms in total. The molecule has 1 aromatic heterocycles. The summed E-state index contributed by atoms with van der Waals surface area (Å²) < 4.78 is 0.892. The number of nitrogens with zero attached hydrogens (tertiary/aromatic N) is 3. The Bertz CT molecular complexity index is 1230. The first-order chi connectivity index (χ1) is 17.4. The molecule has 2 aliphatic heterocycles. The van der Waals surface area contributed by atoms with Crippen LogP contribution in [0, 0.1) is 0 Å². The lowest BCUT2D eigenvalue weighted by atomic mass is 9.82. The highest BCUT2D eigenvalue weighted by molar-refractivity contribution is 7.22. The van der Waals surface area contributed by atoms with Gasteiger partial charge in [-0.1, -0.05) is 41.7 Å². The van der Waals surface area contributed by atoms with Gasteiger partial charge in [-0.2, -0.15) is 0 Å². The van der Waals surface area contributed by atoms with Crippen molar-refractivity contribution in [2.45, 2.75) is 44.2 Å². The molecule has 2 fully saturated rings. The highest BCUT2D eigenvalue weighted by Crippen LogP contribution is 2.38. The van der Waals surface area contributed by atoms with E-state index in [1.165, 1.54) is 23.8 Å². The average Bonchev–Trinajstić information content (AvgIpc) is 3.44. The van der Waals surface area contributed by atoms with Gasteiger partial charge >= 0.3 is 0 Å². The Morgan fingerprint density at radius 3 is 2.75 bits per heavy atom. The van der Waals surface area contributed by atoms with Crippen molar-refractivity contribution in [3.63, 3.8) is 0 Å². The van der Waals surface area contributed by atoms with Crippen LogP contribution in [-0.4, -0.2) is 76.1 Å². The monoisotopic (exact) mass is 507 g/mol. The SMILES string of the molecule is CC(=O)Nc1ccc2nc(NC(=O)CN3CC[C@@]4(CCCN4CCc4ccccc4)[C@@H](O)C3)sc2c1. The van der Waals surface area contributed by atoms with E-state index in [-0.39, 0.29) is 23.9 Å². The molecule has 5 rings (SSSR count). The fourth-order valence-corrected chi connectivity index (χ4v) is 6.57. The van der Waals surface area contributed by atoms with E-state index in [9.17, 15) is 14.7 Å². The number of nitrogens with one attached hydrogen (secondary N) is 2. The summed E-state index contributed by atoms with van der Waals surface area (Å²) in [5.41, 5.74) is 2.62. The normalized spacial score (nSPS) is 22.8. The number of β-amino-alcohol motifs (C(OH)–C–C–N with tert-alkyl or cyclic N) is 1. The zero-order valence-corrected chi connectivity index (χ0v) is 21.4. The van der Waals surface area contributed by atoms with Gasteiger partial charge in [-0.3, -0.25) is 19.4 Å². The fraction of sp³-hybridized carbons (Fsp3) is 0.444. The van der Waals surface area contributed by atoms with Crippen molar-refractivity contribution in [1.82, 2.24) is 14.8 Å². The Balaban J connectivity index is 1.16. The Hall–Kier alpha value is -2.85. The molecule has 1 spiro atoms. The third kappa shape index (κ3) is 5.44. The standard InChI is InChI=1S/C27H33N5O3S/c1-19(33)28-21-8-9-22-23(16-21)36-26(29-22)30-25(35)18-31-15-12-27(24(34)17-31)11-5-13-32(27)14-10-20-6-3-2-4-7-20/h2-4,6-9,16,24,34H,5,10-15,17-18H2,1H3,(H,28,33)(H,29,30,35)/t24-,27-/m0/s1. The minimum atomic E-state index is -0.480. The maximum absolute atomic E-state index is 12.8. The van der Waals surface area contributed by atoms with E-state index in [1.807, 2.05) is 23.1 Å². The molecule has 3 aromatic rings. The number of aliphatic hydroxyl groups is 1. The van der Waals surface area contributed by atoms with Crippen LogP contribution in [0.5, 0.6) is 0 Å². The molecular weight excluding hydrogens is 474 g/mol. The van der Waals surface area contributed by atoms with E-state index in [0.717, 1.165) is 55.5 Å². The van der Waals surface area contributed by atoms with Crippen LogP contribution in [-0.2, 0) is 16.0 Å². The number of rotatable bonds is 7.